The van der Waals surface area contributed by atoms with Crippen LogP contribution in [-0.4, -0.2) is 33.1 Å². The molecule has 0 amide bonds. The molecule has 0 saturated carbocycles. The minimum absolute atomic E-state index is 0.535. The summed E-state index contributed by atoms with van der Waals surface area (Å²) in [7, 11) is 0. The molecule has 2 atom stereocenters. The standard InChI is InChI=1S/C10H17N3S/c1-9(6-13-4-3-11-8-13)12-10-2-5-14-7-10/h3-4,8-10,12H,2,5-7H2,1H3. The van der Waals surface area contributed by atoms with Gasteiger partial charge in [0, 0.05) is 36.8 Å². The molecule has 2 rings (SSSR count). The minimum atomic E-state index is 0.535. The van der Waals surface area contributed by atoms with Crippen LogP contribution in [0.25, 0.3) is 0 Å². The van der Waals surface area contributed by atoms with Crippen LogP contribution in [0.4, 0.5) is 0 Å². The van der Waals surface area contributed by atoms with E-state index in [1.807, 2.05) is 18.7 Å². The van der Waals surface area contributed by atoms with Crippen molar-refractivity contribution in [1.82, 2.24) is 14.9 Å². The lowest BCUT2D eigenvalue weighted by Gasteiger charge is -2.18. The quantitative estimate of drug-likeness (QED) is 0.815. The molecule has 4 heteroatoms. The Kier molecular flexibility index (Phi) is 3.48. The van der Waals surface area contributed by atoms with Crippen LogP contribution in [0.1, 0.15) is 13.3 Å². The van der Waals surface area contributed by atoms with Gasteiger partial charge in [-0.1, -0.05) is 0 Å². The number of aromatic nitrogens is 2. The van der Waals surface area contributed by atoms with Gasteiger partial charge in [0.15, 0.2) is 0 Å². The summed E-state index contributed by atoms with van der Waals surface area (Å²) < 4.78 is 2.12. The molecule has 14 heavy (non-hydrogen) atoms. The van der Waals surface area contributed by atoms with E-state index >= 15 is 0 Å². The average Bonchev–Trinajstić information content (AvgIpc) is 2.76. The number of imidazole rings is 1. The van der Waals surface area contributed by atoms with Crippen LogP contribution < -0.4 is 5.32 Å². The van der Waals surface area contributed by atoms with Crippen LogP contribution >= 0.6 is 11.8 Å². The highest BCUT2D eigenvalue weighted by molar-refractivity contribution is 7.99. The summed E-state index contributed by atoms with van der Waals surface area (Å²) in [5.74, 6) is 2.59. The molecule has 78 valence electrons. The molecule has 1 saturated heterocycles. The molecule has 1 aliphatic rings. The molecular formula is C10H17N3S. The van der Waals surface area contributed by atoms with Crippen molar-refractivity contribution in [1.29, 1.82) is 0 Å². The maximum absolute atomic E-state index is 4.04. The van der Waals surface area contributed by atoms with Crippen molar-refractivity contribution >= 4 is 11.8 Å². The van der Waals surface area contributed by atoms with E-state index in [0.717, 1.165) is 12.6 Å². The summed E-state index contributed by atoms with van der Waals surface area (Å²) in [4.78, 5) is 4.04. The van der Waals surface area contributed by atoms with Gasteiger partial charge in [-0.25, -0.2) is 4.98 Å². The maximum Gasteiger partial charge on any atom is 0.0946 e. The molecule has 0 bridgehead atoms. The van der Waals surface area contributed by atoms with Crippen LogP contribution in [0.2, 0.25) is 0 Å². The van der Waals surface area contributed by atoms with E-state index in [0.29, 0.717) is 6.04 Å². The summed E-state index contributed by atoms with van der Waals surface area (Å²) >= 11 is 2.05. The van der Waals surface area contributed by atoms with Crippen molar-refractivity contribution in [2.45, 2.75) is 32.0 Å². The van der Waals surface area contributed by atoms with Gasteiger partial charge in [0.1, 0.15) is 0 Å². The van der Waals surface area contributed by atoms with E-state index in [-0.39, 0.29) is 0 Å². The highest BCUT2D eigenvalue weighted by atomic mass is 32.2. The first-order chi connectivity index (χ1) is 6.84. The molecule has 0 spiro atoms. The van der Waals surface area contributed by atoms with Crippen molar-refractivity contribution in [2.75, 3.05) is 11.5 Å². The molecule has 1 N–H and O–H groups in total. The van der Waals surface area contributed by atoms with Crippen molar-refractivity contribution < 1.29 is 0 Å². The Morgan fingerprint density at radius 2 is 2.64 bits per heavy atom. The number of nitrogens with one attached hydrogen (secondary N) is 1. The van der Waals surface area contributed by atoms with E-state index in [1.165, 1.54) is 17.9 Å². The van der Waals surface area contributed by atoms with Gasteiger partial charge in [-0.05, 0) is 19.1 Å². The van der Waals surface area contributed by atoms with Crippen molar-refractivity contribution in [3.63, 3.8) is 0 Å². The number of hydrogen-bond donors (Lipinski definition) is 1. The molecule has 0 radical (unpaired) electrons. The molecule has 3 nitrogen and oxygen atoms in total. The predicted octanol–water partition coefficient (Wildman–Crippen LogP) is 1.37. The summed E-state index contributed by atoms with van der Waals surface area (Å²) in [5.41, 5.74) is 0. The molecule has 1 aromatic heterocycles. The number of thioether (sulfide) groups is 1. The second-order valence-corrected chi connectivity index (χ2v) is 5.04. The fourth-order valence-corrected chi connectivity index (χ4v) is 3.00. The molecule has 1 aliphatic heterocycles. The average molecular weight is 211 g/mol. The Labute approximate surface area is 89.3 Å². The number of hydrogen-bond acceptors (Lipinski definition) is 3. The summed E-state index contributed by atoms with van der Waals surface area (Å²) in [5, 5.41) is 3.65. The Morgan fingerprint density at radius 3 is 3.29 bits per heavy atom. The number of nitrogens with zero attached hydrogens (tertiary/aromatic N) is 2. The van der Waals surface area contributed by atoms with Gasteiger partial charge in [-0.3, -0.25) is 0 Å². The molecule has 2 heterocycles. The second-order valence-electron chi connectivity index (χ2n) is 3.89. The SMILES string of the molecule is CC(Cn1ccnc1)NC1CCSC1. The zero-order chi connectivity index (χ0) is 9.80. The molecule has 0 aliphatic carbocycles. The topological polar surface area (TPSA) is 29.9 Å². The maximum atomic E-state index is 4.04. The Bertz CT molecular complexity index is 254. The number of rotatable bonds is 4. The molecule has 0 aromatic carbocycles. The lowest BCUT2D eigenvalue weighted by Crippen LogP contribution is -2.38. The van der Waals surface area contributed by atoms with Crippen LogP contribution in [0.15, 0.2) is 18.7 Å². The van der Waals surface area contributed by atoms with E-state index in [9.17, 15) is 0 Å². The third-order valence-corrected chi connectivity index (χ3v) is 3.66. The van der Waals surface area contributed by atoms with E-state index in [2.05, 4.69) is 33.6 Å². The van der Waals surface area contributed by atoms with Gasteiger partial charge < -0.3 is 9.88 Å². The van der Waals surface area contributed by atoms with Crippen LogP contribution in [0.3, 0.4) is 0 Å². The van der Waals surface area contributed by atoms with Gasteiger partial charge in [-0.2, -0.15) is 11.8 Å². The second kappa shape index (κ2) is 4.84. The highest BCUT2D eigenvalue weighted by Crippen LogP contribution is 2.17. The van der Waals surface area contributed by atoms with E-state index in [4.69, 9.17) is 0 Å². The Balaban J connectivity index is 1.75. The summed E-state index contributed by atoms with van der Waals surface area (Å²) in [6, 6.07) is 1.26. The summed E-state index contributed by atoms with van der Waals surface area (Å²) in [6.07, 6.45) is 7.04. The van der Waals surface area contributed by atoms with Crippen molar-refractivity contribution in [3.8, 4) is 0 Å². The smallest absolute Gasteiger partial charge is 0.0946 e. The van der Waals surface area contributed by atoms with E-state index in [1.54, 1.807) is 0 Å². The van der Waals surface area contributed by atoms with Gasteiger partial charge >= 0.3 is 0 Å². The normalized spacial score (nSPS) is 23.9. The highest BCUT2D eigenvalue weighted by Gasteiger charge is 2.16. The first-order valence-corrected chi connectivity index (χ1v) is 6.29. The molecule has 1 fully saturated rings. The Hall–Kier alpha value is -0.480. The third-order valence-electron chi connectivity index (χ3n) is 2.49. The molecular weight excluding hydrogens is 194 g/mol. The largest absolute Gasteiger partial charge is 0.336 e. The van der Waals surface area contributed by atoms with Crippen LogP contribution in [0.5, 0.6) is 0 Å². The van der Waals surface area contributed by atoms with Gasteiger partial charge in [-0.15, -0.1) is 0 Å². The van der Waals surface area contributed by atoms with Crippen molar-refractivity contribution in [2.24, 2.45) is 0 Å². The fraction of sp³-hybridized carbons (Fsp3) is 0.700. The minimum Gasteiger partial charge on any atom is -0.336 e. The zero-order valence-corrected chi connectivity index (χ0v) is 9.33. The van der Waals surface area contributed by atoms with Crippen LogP contribution in [-0.2, 0) is 6.54 Å². The first-order valence-electron chi connectivity index (χ1n) is 5.14. The van der Waals surface area contributed by atoms with Gasteiger partial charge in [0.05, 0.1) is 6.33 Å². The van der Waals surface area contributed by atoms with E-state index < -0.39 is 0 Å². The van der Waals surface area contributed by atoms with Gasteiger partial charge in [0.2, 0.25) is 0 Å². The zero-order valence-electron chi connectivity index (χ0n) is 8.52. The third kappa shape index (κ3) is 2.75. The predicted molar refractivity (Wildman–Crippen MR) is 60.6 cm³/mol. The molecule has 2 unspecified atom stereocenters. The Morgan fingerprint density at radius 1 is 1.71 bits per heavy atom. The molecule has 1 aromatic rings. The first kappa shape index (κ1) is 10.1. The summed E-state index contributed by atoms with van der Waals surface area (Å²) in [6.45, 7) is 3.25. The lowest BCUT2D eigenvalue weighted by molar-refractivity contribution is 0.427. The van der Waals surface area contributed by atoms with Crippen molar-refractivity contribution in [3.05, 3.63) is 18.7 Å². The lowest BCUT2D eigenvalue weighted by atomic mass is 10.2. The monoisotopic (exact) mass is 211 g/mol. The van der Waals surface area contributed by atoms with Gasteiger partial charge in [0.25, 0.3) is 0 Å². The van der Waals surface area contributed by atoms with Crippen LogP contribution in [0, 0.1) is 0 Å². The fourth-order valence-electron chi connectivity index (χ4n) is 1.83.